The molecule has 1 rings (SSSR count). The molecule has 60 valence electrons. The fraction of sp³-hybridized carbons (Fsp3) is 0.429. The van der Waals surface area contributed by atoms with Crippen molar-refractivity contribution < 1.29 is 0 Å². The lowest BCUT2D eigenvalue weighted by atomic mass is 10.1. The molecule has 0 aliphatic rings. The summed E-state index contributed by atoms with van der Waals surface area (Å²) in [6.07, 6.45) is 0. The number of nitrogens with two attached hydrogens (primary N) is 1. The molecule has 0 saturated heterocycles. The Bertz CT molecular complexity index is 260. The first-order valence-electron chi connectivity index (χ1n) is 3.40. The highest BCUT2D eigenvalue weighted by atomic mass is 79.9. The highest BCUT2D eigenvalue weighted by Crippen LogP contribution is 2.19. The van der Waals surface area contributed by atoms with E-state index in [1.807, 2.05) is 6.07 Å². The van der Waals surface area contributed by atoms with Crippen LogP contribution in [-0.4, -0.2) is 10.2 Å². The van der Waals surface area contributed by atoms with Crippen LogP contribution in [0.5, 0.6) is 0 Å². The minimum absolute atomic E-state index is 0.388. The normalized spacial score (nSPS) is 10.5. The zero-order valence-corrected chi connectivity index (χ0v) is 8.09. The topological polar surface area (TPSA) is 51.8 Å². The summed E-state index contributed by atoms with van der Waals surface area (Å²) in [5.41, 5.74) is 6.42. The van der Waals surface area contributed by atoms with Gasteiger partial charge >= 0.3 is 0 Å². The Hall–Kier alpha value is -0.640. The summed E-state index contributed by atoms with van der Waals surface area (Å²) < 4.78 is 0.816. The molecule has 3 nitrogen and oxygen atoms in total. The van der Waals surface area contributed by atoms with E-state index in [0.717, 1.165) is 10.2 Å². The van der Waals surface area contributed by atoms with E-state index in [1.54, 1.807) is 0 Å². The summed E-state index contributed by atoms with van der Waals surface area (Å²) in [4.78, 5) is 0. The second-order valence-electron chi connectivity index (χ2n) is 2.66. The van der Waals surface area contributed by atoms with Crippen LogP contribution in [0.4, 0.5) is 5.82 Å². The van der Waals surface area contributed by atoms with Gasteiger partial charge in [-0.15, -0.1) is 5.10 Å². The fourth-order valence-corrected chi connectivity index (χ4v) is 0.988. The number of rotatable bonds is 1. The molecule has 0 unspecified atom stereocenters. The van der Waals surface area contributed by atoms with Crippen LogP contribution < -0.4 is 5.73 Å². The van der Waals surface area contributed by atoms with Crippen molar-refractivity contribution in [2.75, 3.05) is 5.73 Å². The van der Waals surface area contributed by atoms with Gasteiger partial charge in [0, 0.05) is 0 Å². The molecule has 0 aromatic carbocycles. The number of nitrogen functional groups attached to an aromatic ring is 1. The molecule has 11 heavy (non-hydrogen) atoms. The number of anilines is 1. The Morgan fingerprint density at radius 1 is 1.45 bits per heavy atom. The van der Waals surface area contributed by atoms with Gasteiger partial charge in [-0.25, -0.2) is 0 Å². The molecule has 0 aliphatic heterocycles. The Balaban J connectivity index is 3.05. The van der Waals surface area contributed by atoms with Gasteiger partial charge in [0.1, 0.15) is 0 Å². The zero-order valence-electron chi connectivity index (χ0n) is 6.50. The van der Waals surface area contributed by atoms with Crippen molar-refractivity contribution in [3.8, 4) is 0 Å². The van der Waals surface area contributed by atoms with E-state index >= 15 is 0 Å². The lowest BCUT2D eigenvalue weighted by Gasteiger charge is -2.03. The van der Waals surface area contributed by atoms with Crippen LogP contribution in [0.15, 0.2) is 10.5 Å². The van der Waals surface area contributed by atoms with Crippen LogP contribution in [0.3, 0.4) is 0 Å². The van der Waals surface area contributed by atoms with Gasteiger partial charge in [0.15, 0.2) is 5.82 Å². The first-order valence-corrected chi connectivity index (χ1v) is 4.19. The first-order chi connectivity index (χ1) is 5.11. The minimum Gasteiger partial charge on any atom is -0.381 e. The van der Waals surface area contributed by atoms with E-state index in [1.165, 1.54) is 0 Å². The van der Waals surface area contributed by atoms with Crippen LogP contribution in [0.25, 0.3) is 0 Å². The molecule has 1 heterocycles. The lowest BCUT2D eigenvalue weighted by Crippen LogP contribution is -1.99. The van der Waals surface area contributed by atoms with Gasteiger partial charge in [0.05, 0.1) is 10.2 Å². The van der Waals surface area contributed by atoms with Crippen molar-refractivity contribution in [2.24, 2.45) is 0 Å². The number of hydrogen-bond donors (Lipinski definition) is 1. The van der Waals surface area contributed by atoms with Crippen LogP contribution >= 0.6 is 15.9 Å². The molecule has 0 atom stereocenters. The first kappa shape index (κ1) is 8.46. The monoisotopic (exact) mass is 215 g/mol. The van der Waals surface area contributed by atoms with Crippen LogP contribution in [-0.2, 0) is 0 Å². The summed E-state index contributed by atoms with van der Waals surface area (Å²) in [7, 11) is 0. The molecule has 2 N–H and O–H groups in total. The molecule has 0 amide bonds. The molecule has 0 aliphatic carbocycles. The summed E-state index contributed by atoms with van der Waals surface area (Å²) in [6, 6.07) is 1.90. The standard InChI is InChI=1S/C7H10BrN3/c1-4(2)6-3-5(8)7(9)11-10-6/h3-4H,1-2H3,(H2,9,11). The molecule has 1 aromatic heterocycles. The van der Waals surface area contributed by atoms with Crippen molar-refractivity contribution in [2.45, 2.75) is 19.8 Å². The van der Waals surface area contributed by atoms with Gasteiger partial charge in [0.25, 0.3) is 0 Å². The number of nitrogens with zero attached hydrogens (tertiary/aromatic N) is 2. The molecule has 1 aromatic rings. The molecule has 0 bridgehead atoms. The third-order valence-electron chi connectivity index (χ3n) is 1.38. The van der Waals surface area contributed by atoms with Crippen LogP contribution in [0.1, 0.15) is 25.5 Å². The molecular weight excluding hydrogens is 206 g/mol. The van der Waals surface area contributed by atoms with Crippen LogP contribution in [0, 0.1) is 0 Å². The third-order valence-corrected chi connectivity index (χ3v) is 2.02. The van der Waals surface area contributed by atoms with Crippen molar-refractivity contribution >= 4 is 21.7 Å². The predicted octanol–water partition coefficient (Wildman–Crippen LogP) is 1.94. The molecule has 0 saturated carbocycles. The average molecular weight is 216 g/mol. The Morgan fingerprint density at radius 3 is 2.55 bits per heavy atom. The van der Waals surface area contributed by atoms with E-state index in [-0.39, 0.29) is 0 Å². The molecule has 0 fully saturated rings. The van der Waals surface area contributed by atoms with Crippen LogP contribution in [0.2, 0.25) is 0 Å². The molecule has 4 heteroatoms. The largest absolute Gasteiger partial charge is 0.381 e. The zero-order chi connectivity index (χ0) is 8.43. The smallest absolute Gasteiger partial charge is 0.160 e. The predicted molar refractivity (Wildman–Crippen MR) is 48.2 cm³/mol. The van der Waals surface area contributed by atoms with E-state index < -0.39 is 0 Å². The lowest BCUT2D eigenvalue weighted by molar-refractivity contribution is 0.786. The van der Waals surface area contributed by atoms with E-state index in [2.05, 4.69) is 40.0 Å². The summed E-state index contributed by atoms with van der Waals surface area (Å²) in [5, 5.41) is 7.71. The highest BCUT2D eigenvalue weighted by Gasteiger charge is 2.03. The van der Waals surface area contributed by atoms with Gasteiger partial charge in [-0.2, -0.15) is 5.10 Å². The maximum absolute atomic E-state index is 5.47. The highest BCUT2D eigenvalue weighted by molar-refractivity contribution is 9.10. The van der Waals surface area contributed by atoms with E-state index in [9.17, 15) is 0 Å². The quantitative estimate of drug-likeness (QED) is 0.780. The number of halogens is 1. The van der Waals surface area contributed by atoms with Crippen molar-refractivity contribution in [1.82, 2.24) is 10.2 Å². The number of aromatic nitrogens is 2. The molecular formula is C7H10BrN3. The third kappa shape index (κ3) is 1.89. The Kier molecular flexibility index (Phi) is 2.44. The van der Waals surface area contributed by atoms with Crippen molar-refractivity contribution in [1.29, 1.82) is 0 Å². The second-order valence-corrected chi connectivity index (χ2v) is 3.51. The van der Waals surface area contributed by atoms with Gasteiger partial charge in [-0.1, -0.05) is 13.8 Å². The van der Waals surface area contributed by atoms with E-state index in [0.29, 0.717) is 11.7 Å². The Labute approximate surface area is 74.1 Å². The van der Waals surface area contributed by atoms with E-state index in [4.69, 9.17) is 5.73 Å². The second kappa shape index (κ2) is 3.17. The summed E-state index contributed by atoms with van der Waals surface area (Å²) in [5.74, 6) is 0.828. The molecule has 0 spiro atoms. The summed E-state index contributed by atoms with van der Waals surface area (Å²) in [6.45, 7) is 4.12. The fourth-order valence-electron chi connectivity index (χ4n) is 0.674. The Morgan fingerprint density at radius 2 is 2.09 bits per heavy atom. The van der Waals surface area contributed by atoms with Gasteiger partial charge < -0.3 is 5.73 Å². The van der Waals surface area contributed by atoms with Gasteiger partial charge in [0.2, 0.25) is 0 Å². The van der Waals surface area contributed by atoms with Gasteiger partial charge in [-0.05, 0) is 27.9 Å². The van der Waals surface area contributed by atoms with Crippen molar-refractivity contribution in [3.05, 3.63) is 16.2 Å². The molecule has 0 radical (unpaired) electrons. The summed E-state index contributed by atoms with van der Waals surface area (Å²) >= 11 is 3.29. The average Bonchev–Trinajstić information content (AvgIpc) is 1.94. The SMILES string of the molecule is CC(C)c1cc(Br)c(N)nn1. The maximum atomic E-state index is 5.47. The minimum atomic E-state index is 0.388. The van der Waals surface area contributed by atoms with Crippen molar-refractivity contribution in [3.63, 3.8) is 0 Å². The maximum Gasteiger partial charge on any atom is 0.160 e. The van der Waals surface area contributed by atoms with Gasteiger partial charge in [-0.3, -0.25) is 0 Å². The number of hydrogen-bond acceptors (Lipinski definition) is 3.